The van der Waals surface area contributed by atoms with Crippen molar-refractivity contribution in [2.24, 2.45) is 11.7 Å². The van der Waals surface area contributed by atoms with Crippen LogP contribution in [-0.4, -0.2) is 11.8 Å². The highest BCUT2D eigenvalue weighted by Crippen LogP contribution is 2.37. The largest absolute Gasteiger partial charge is 0.468 e. The minimum absolute atomic E-state index is 0.201. The van der Waals surface area contributed by atoms with Crippen molar-refractivity contribution in [3.05, 3.63) is 24.2 Å². The van der Waals surface area contributed by atoms with E-state index in [0.29, 0.717) is 5.25 Å². The molecule has 0 amide bonds. The fourth-order valence-corrected chi connectivity index (χ4v) is 4.05. The summed E-state index contributed by atoms with van der Waals surface area (Å²) in [6, 6.07) is 4.22. The van der Waals surface area contributed by atoms with Gasteiger partial charge >= 0.3 is 0 Å². The number of nitrogens with two attached hydrogens (primary N) is 1. The molecule has 0 aliphatic heterocycles. The molecule has 1 saturated carbocycles. The van der Waals surface area contributed by atoms with Gasteiger partial charge in [0.25, 0.3) is 0 Å². The van der Waals surface area contributed by atoms with Gasteiger partial charge in [-0.25, -0.2) is 0 Å². The van der Waals surface area contributed by atoms with Gasteiger partial charge in [0.1, 0.15) is 5.76 Å². The molecule has 1 aliphatic carbocycles. The molecular weight excluding hydrogens is 230 g/mol. The lowest BCUT2D eigenvalue weighted by Gasteiger charge is -2.22. The van der Waals surface area contributed by atoms with Crippen molar-refractivity contribution in [2.75, 3.05) is 5.75 Å². The number of furan rings is 1. The summed E-state index contributed by atoms with van der Waals surface area (Å²) in [7, 11) is 0. The highest BCUT2D eigenvalue weighted by Gasteiger charge is 2.24. The molecular formula is C14H23NOS. The van der Waals surface area contributed by atoms with E-state index < -0.39 is 0 Å². The fourth-order valence-electron chi connectivity index (χ4n) is 2.50. The highest BCUT2D eigenvalue weighted by molar-refractivity contribution is 7.99. The van der Waals surface area contributed by atoms with E-state index in [4.69, 9.17) is 10.2 Å². The van der Waals surface area contributed by atoms with Crippen LogP contribution in [0.25, 0.3) is 0 Å². The second-order valence-corrected chi connectivity index (χ2v) is 6.17. The minimum Gasteiger partial charge on any atom is -0.468 e. The summed E-state index contributed by atoms with van der Waals surface area (Å²) in [6.07, 6.45) is 8.38. The lowest BCUT2D eigenvalue weighted by molar-refractivity contribution is 0.473. The first-order valence-corrected chi connectivity index (χ1v) is 7.76. The van der Waals surface area contributed by atoms with Gasteiger partial charge in [0.15, 0.2) is 0 Å². The first kappa shape index (κ1) is 13.0. The summed E-state index contributed by atoms with van der Waals surface area (Å²) in [4.78, 5) is 0. The summed E-state index contributed by atoms with van der Waals surface area (Å²) in [5.74, 6) is 3.18. The molecule has 1 aromatic heterocycles. The van der Waals surface area contributed by atoms with Crippen LogP contribution in [0, 0.1) is 5.92 Å². The molecule has 0 aromatic carbocycles. The SMILES string of the molecule is CCC(N)C(SCC1CCCC1)c1ccco1. The van der Waals surface area contributed by atoms with Crippen LogP contribution in [0.1, 0.15) is 50.0 Å². The molecule has 1 heterocycles. The third-order valence-electron chi connectivity index (χ3n) is 3.67. The normalized spacial score (nSPS) is 20.6. The van der Waals surface area contributed by atoms with Crippen LogP contribution in [0.5, 0.6) is 0 Å². The molecule has 0 radical (unpaired) electrons. The summed E-state index contributed by atoms with van der Waals surface area (Å²) in [5.41, 5.74) is 6.21. The predicted octanol–water partition coefficient (Wildman–Crippen LogP) is 3.98. The molecule has 0 bridgehead atoms. The van der Waals surface area contributed by atoms with Crippen LogP contribution < -0.4 is 5.73 Å². The Balaban J connectivity index is 1.91. The number of thioether (sulfide) groups is 1. The Morgan fingerprint density at radius 1 is 1.47 bits per heavy atom. The van der Waals surface area contributed by atoms with E-state index in [9.17, 15) is 0 Å². The molecule has 3 heteroatoms. The van der Waals surface area contributed by atoms with Gasteiger partial charge in [-0.2, -0.15) is 0 Å². The van der Waals surface area contributed by atoms with Gasteiger partial charge in [-0.15, -0.1) is 11.8 Å². The quantitative estimate of drug-likeness (QED) is 0.833. The average molecular weight is 253 g/mol. The van der Waals surface area contributed by atoms with Crippen LogP contribution in [-0.2, 0) is 0 Å². The van der Waals surface area contributed by atoms with E-state index in [1.807, 2.05) is 17.8 Å². The summed E-state index contributed by atoms with van der Waals surface area (Å²) in [5, 5.41) is 0.329. The fraction of sp³-hybridized carbons (Fsp3) is 0.714. The Hall–Kier alpha value is -0.410. The molecule has 1 fully saturated rings. The van der Waals surface area contributed by atoms with Gasteiger partial charge in [-0.1, -0.05) is 19.8 Å². The first-order valence-electron chi connectivity index (χ1n) is 6.71. The topological polar surface area (TPSA) is 39.2 Å². The summed E-state index contributed by atoms with van der Waals surface area (Å²) >= 11 is 1.99. The van der Waals surface area contributed by atoms with E-state index in [1.54, 1.807) is 6.26 Å². The molecule has 2 atom stereocenters. The van der Waals surface area contributed by atoms with Crippen molar-refractivity contribution in [3.63, 3.8) is 0 Å². The molecule has 1 aromatic rings. The third-order valence-corrected chi connectivity index (χ3v) is 5.27. The molecule has 2 rings (SSSR count). The highest BCUT2D eigenvalue weighted by atomic mass is 32.2. The van der Waals surface area contributed by atoms with Crippen molar-refractivity contribution >= 4 is 11.8 Å². The van der Waals surface area contributed by atoms with Gasteiger partial charge in [0.05, 0.1) is 11.5 Å². The van der Waals surface area contributed by atoms with Gasteiger partial charge in [-0.3, -0.25) is 0 Å². The van der Waals surface area contributed by atoms with Crippen LogP contribution in [0.2, 0.25) is 0 Å². The minimum atomic E-state index is 0.201. The lowest BCUT2D eigenvalue weighted by Crippen LogP contribution is -2.26. The van der Waals surface area contributed by atoms with E-state index in [-0.39, 0.29) is 6.04 Å². The first-order chi connectivity index (χ1) is 8.31. The van der Waals surface area contributed by atoms with Crippen LogP contribution in [0.4, 0.5) is 0 Å². The monoisotopic (exact) mass is 253 g/mol. The maximum atomic E-state index is 6.21. The maximum absolute atomic E-state index is 6.21. The molecule has 0 spiro atoms. The number of hydrogen-bond acceptors (Lipinski definition) is 3. The maximum Gasteiger partial charge on any atom is 0.118 e. The van der Waals surface area contributed by atoms with Crippen molar-refractivity contribution in [1.29, 1.82) is 0 Å². The summed E-state index contributed by atoms with van der Waals surface area (Å²) in [6.45, 7) is 2.15. The van der Waals surface area contributed by atoms with Crippen LogP contribution in [0.15, 0.2) is 22.8 Å². The zero-order valence-corrected chi connectivity index (χ0v) is 11.4. The smallest absolute Gasteiger partial charge is 0.118 e. The molecule has 96 valence electrons. The Morgan fingerprint density at radius 3 is 2.82 bits per heavy atom. The van der Waals surface area contributed by atoms with E-state index >= 15 is 0 Å². The molecule has 1 aliphatic rings. The molecule has 2 unspecified atom stereocenters. The van der Waals surface area contributed by atoms with Gasteiger partial charge < -0.3 is 10.2 Å². The Morgan fingerprint density at radius 2 is 2.24 bits per heavy atom. The van der Waals surface area contributed by atoms with E-state index in [0.717, 1.165) is 18.1 Å². The molecule has 2 N–H and O–H groups in total. The molecule has 0 saturated heterocycles. The van der Waals surface area contributed by atoms with Crippen LogP contribution >= 0.6 is 11.8 Å². The lowest BCUT2D eigenvalue weighted by atomic mass is 10.1. The number of hydrogen-bond donors (Lipinski definition) is 1. The van der Waals surface area contributed by atoms with Gasteiger partial charge in [-0.05, 0) is 43.1 Å². The third kappa shape index (κ3) is 3.52. The Labute approximate surface area is 108 Å². The number of rotatable bonds is 6. The van der Waals surface area contributed by atoms with Crippen molar-refractivity contribution in [2.45, 2.75) is 50.3 Å². The summed E-state index contributed by atoms with van der Waals surface area (Å²) < 4.78 is 5.53. The second-order valence-electron chi connectivity index (χ2n) is 4.99. The second kappa shape index (κ2) is 6.50. The van der Waals surface area contributed by atoms with E-state index in [1.165, 1.54) is 31.4 Å². The van der Waals surface area contributed by atoms with Gasteiger partial charge in [0, 0.05) is 6.04 Å². The van der Waals surface area contributed by atoms with Crippen LogP contribution in [0.3, 0.4) is 0 Å². The zero-order valence-electron chi connectivity index (χ0n) is 10.6. The Bertz CT molecular complexity index is 306. The van der Waals surface area contributed by atoms with Crippen molar-refractivity contribution in [3.8, 4) is 0 Å². The standard InChI is InChI=1S/C14H23NOS/c1-2-12(15)14(13-8-5-9-16-13)17-10-11-6-3-4-7-11/h5,8-9,11-12,14H,2-4,6-7,10,15H2,1H3. The Kier molecular flexibility index (Phi) is 4.99. The molecule has 2 nitrogen and oxygen atoms in total. The molecule has 17 heavy (non-hydrogen) atoms. The van der Waals surface area contributed by atoms with E-state index in [2.05, 4.69) is 13.0 Å². The zero-order chi connectivity index (χ0) is 12.1. The van der Waals surface area contributed by atoms with Crippen molar-refractivity contribution < 1.29 is 4.42 Å². The van der Waals surface area contributed by atoms with Crippen molar-refractivity contribution in [1.82, 2.24) is 0 Å². The predicted molar refractivity (Wildman–Crippen MR) is 74.1 cm³/mol. The average Bonchev–Trinajstić information content (AvgIpc) is 3.01. The van der Waals surface area contributed by atoms with Gasteiger partial charge in [0.2, 0.25) is 0 Å².